The second-order valence-corrected chi connectivity index (χ2v) is 9.69. The smallest absolute Gasteiger partial charge is 0.243 e. The molecule has 1 aliphatic rings. The Kier molecular flexibility index (Phi) is 9.50. The van der Waals surface area contributed by atoms with E-state index in [0.717, 1.165) is 25.3 Å². The summed E-state index contributed by atoms with van der Waals surface area (Å²) in [4.78, 5) is 5.07. The summed E-state index contributed by atoms with van der Waals surface area (Å²) in [5.41, 5.74) is -0.0475. The van der Waals surface area contributed by atoms with Gasteiger partial charge in [0.15, 0.2) is 5.96 Å². The van der Waals surface area contributed by atoms with Crippen molar-refractivity contribution in [2.24, 2.45) is 10.9 Å². The van der Waals surface area contributed by atoms with E-state index >= 15 is 0 Å². The van der Waals surface area contributed by atoms with Crippen molar-refractivity contribution in [3.8, 4) is 0 Å². The molecule has 1 aliphatic heterocycles. The maximum atomic E-state index is 12.7. The highest BCUT2D eigenvalue weighted by atomic mass is 127. The molecule has 0 aliphatic carbocycles. The third-order valence-electron chi connectivity index (χ3n) is 4.30. The van der Waals surface area contributed by atoms with E-state index < -0.39 is 10.0 Å². The topological polar surface area (TPSA) is 73.8 Å². The number of halogens is 1. The highest BCUT2D eigenvalue weighted by Crippen LogP contribution is 2.23. The molecule has 8 heteroatoms. The molecule has 0 unspecified atom stereocenters. The normalized spacial score (nSPS) is 17.3. The SMILES string of the molecule is CCNC(=NCC1CCN(S(=O)(=O)c2ccccc2)CC1)NC(C)(C)C.I. The lowest BCUT2D eigenvalue weighted by Crippen LogP contribution is -2.48. The summed E-state index contributed by atoms with van der Waals surface area (Å²) in [5, 5.41) is 6.65. The molecular weight excluding hydrogens is 475 g/mol. The number of sulfonamides is 1. The first-order valence-electron chi connectivity index (χ1n) is 9.34. The molecule has 1 aromatic rings. The molecule has 6 nitrogen and oxygen atoms in total. The van der Waals surface area contributed by atoms with Crippen LogP contribution in [0.2, 0.25) is 0 Å². The molecule has 0 atom stereocenters. The fourth-order valence-corrected chi connectivity index (χ4v) is 4.45. The number of rotatable bonds is 5. The Balaban J connectivity index is 0.00000364. The summed E-state index contributed by atoms with van der Waals surface area (Å²) >= 11 is 0. The molecule has 2 rings (SSSR count). The highest BCUT2D eigenvalue weighted by molar-refractivity contribution is 14.0. The van der Waals surface area contributed by atoms with Gasteiger partial charge in [-0.2, -0.15) is 4.31 Å². The largest absolute Gasteiger partial charge is 0.357 e. The van der Waals surface area contributed by atoms with E-state index in [4.69, 9.17) is 4.99 Å². The Morgan fingerprint density at radius 1 is 1.19 bits per heavy atom. The minimum atomic E-state index is -3.38. The van der Waals surface area contributed by atoms with Gasteiger partial charge in [-0.25, -0.2) is 8.42 Å². The summed E-state index contributed by atoms with van der Waals surface area (Å²) in [7, 11) is -3.38. The van der Waals surface area contributed by atoms with Crippen LogP contribution in [0.25, 0.3) is 0 Å². The van der Waals surface area contributed by atoms with Gasteiger partial charge in [0, 0.05) is 31.7 Å². The van der Waals surface area contributed by atoms with E-state index in [1.807, 2.05) is 13.0 Å². The van der Waals surface area contributed by atoms with Crippen molar-refractivity contribution in [2.45, 2.75) is 51.0 Å². The summed E-state index contributed by atoms with van der Waals surface area (Å²) < 4.78 is 27.0. The zero-order valence-electron chi connectivity index (χ0n) is 16.7. The van der Waals surface area contributed by atoms with Gasteiger partial charge in [0.25, 0.3) is 0 Å². The molecule has 0 spiro atoms. The van der Waals surface area contributed by atoms with Gasteiger partial charge >= 0.3 is 0 Å². The number of benzene rings is 1. The van der Waals surface area contributed by atoms with Crippen LogP contribution in [-0.2, 0) is 10.0 Å². The van der Waals surface area contributed by atoms with E-state index in [-0.39, 0.29) is 29.5 Å². The molecule has 0 bridgehead atoms. The van der Waals surface area contributed by atoms with Crippen LogP contribution in [0.5, 0.6) is 0 Å². The zero-order chi connectivity index (χ0) is 19.2. The second kappa shape index (κ2) is 10.6. The van der Waals surface area contributed by atoms with Crippen LogP contribution < -0.4 is 10.6 Å². The number of nitrogens with zero attached hydrogens (tertiary/aromatic N) is 2. The Hall–Kier alpha value is -0.870. The Labute approximate surface area is 181 Å². The summed E-state index contributed by atoms with van der Waals surface area (Å²) in [6.45, 7) is 11.0. The van der Waals surface area contributed by atoms with Crippen LogP contribution >= 0.6 is 24.0 Å². The fraction of sp³-hybridized carbons (Fsp3) is 0.632. The van der Waals surface area contributed by atoms with E-state index in [2.05, 4.69) is 31.4 Å². The van der Waals surface area contributed by atoms with Crippen LogP contribution in [0.15, 0.2) is 40.2 Å². The van der Waals surface area contributed by atoms with Gasteiger partial charge in [0.05, 0.1) is 4.90 Å². The zero-order valence-corrected chi connectivity index (χ0v) is 19.9. The molecule has 1 heterocycles. The van der Waals surface area contributed by atoms with Crippen molar-refractivity contribution in [3.05, 3.63) is 30.3 Å². The summed E-state index contributed by atoms with van der Waals surface area (Å²) in [6.07, 6.45) is 1.68. The third-order valence-corrected chi connectivity index (χ3v) is 6.21. The van der Waals surface area contributed by atoms with Crippen LogP contribution in [0, 0.1) is 5.92 Å². The number of piperidine rings is 1. The standard InChI is InChI=1S/C19H32N4O2S.HI/c1-5-20-18(22-19(2,3)4)21-15-16-11-13-23(14-12-16)26(24,25)17-9-7-6-8-10-17;/h6-10,16H,5,11-15H2,1-4H3,(H2,20,21,22);1H. The van der Waals surface area contributed by atoms with Crippen molar-refractivity contribution in [1.29, 1.82) is 0 Å². The summed E-state index contributed by atoms with van der Waals surface area (Å²) in [6, 6.07) is 8.67. The van der Waals surface area contributed by atoms with Crippen molar-refractivity contribution in [1.82, 2.24) is 14.9 Å². The maximum absolute atomic E-state index is 12.7. The van der Waals surface area contributed by atoms with Gasteiger partial charge in [-0.1, -0.05) is 18.2 Å². The number of aliphatic imine (C=N–C) groups is 1. The van der Waals surface area contributed by atoms with Gasteiger partial charge in [-0.15, -0.1) is 24.0 Å². The Morgan fingerprint density at radius 3 is 2.30 bits per heavy atom. The molecule has 0 saturated carbocycles. The van der Waals surface area contributed by atoms with E-state index in [1.54, 1.807) is 28.6 Å². The molecular formula is C19H33IN4O2S. The number of hydrogen-bond donors (Lipinski definition) is 2. The second-order valence-electron chi connectivity index (χ2n) is 7.76. The Bertz CT molecular complexity index is 694. The average molecular weight is 508 g/mol. The quantitative estimate of drug-likeness (QED) is 0.365. The van der Waals surface area contributed by atoms with Crippen LogP contribution in [-0.4, -0.2) is 50.4 Å². The van der Waals surface area contributed by atoms with Crippen molar-refractivity contribution >= 4 is 40.0 Å². The molecule has 2 N–H and O–H groups in total. The van der Waals surface area contributed by atoms with Gasteiger partial charge in [0.1, 0.15) is 0 Å². The van der Waals surface area contributed by atoms with Crippen LogP contribution in [0.1, 0.15) is 40.5 Å². The lowest BCUT2D eigenvalue weighted by molar-refractivity contribution is 0.278. The predicted octanol–water partition coefficient (Wildman–Crippen LogP) is 3.06. The summed E-state index contributed by atoms with van der Waals surface area (Å²) in [5.74, 6) is 1.23. The molecule has 0 aromatic heterocycles. The highest BCUT2D eigenvalue weighted by Gasteiger charge is 2.29. The first-order chi connectivity index (χ1) is 12.2. The molecule has 1 fully saturated rings. The molecule has 0 radical (unpaired) electrons. The predicted molar refractivity (Wildman–Crippen MR) is 122 cm³/mol. The van der Waals surface area contributed by atoms with Gasteiger partial charge in [-0.05, 0) is 58.6 Å². The van der Waals surface area contributed by atoms with E-state index in [0.29, 0.717) is 30.4 Å². The molecule has 154 valence electrons. The molecule has 0 amide bonds. The van der Waals surface area contributed by atoms with Crippen LogP contribution in [0.3, 0.4) is 0 Å². The Morgan fingerprint density at radius 2 is 1.78 bits per heavy atom. The molecule has 27 heavy (non-hydrogen) atoms. The van der Waals surface area contributed by atoms with E-state index in [9.17, 15) is 8.42 Å². The average Bonchev–Trinajstić information content (AvgIpc) is 2.60. The van der Waals surface area contributed by atoms with Crippen molar-refractivity contribution < 1.29 is 8.42 Å². The van der Waals surface area contributed by atoms with E-state index in [1.165, 1.54) is 0 Å². The van der Waals surface area contributed by atoms with Crippen molar-refractivity contribution in [3.63, 3.8) is 0 Å². The first kappa shape index (κ1) is 24.2. The van der Waals surface area contributed by atoms with Gasteiger partial charge in [-0.3, -0.25) is 4.99 Å². The maximum Gasteiger partial charge on any atom is 0.243 e. The lowest BCUT2D eigenvalue weighted by atomic mass is 9.98. The minimum absolute atomic E-state index is 0. The first-order valence-corrected chi connectivity index (χ1v) is 10.8. The fourth-order valence-electron chi connectivity index (χ4n) is 2.96. The third kappa shape index (κ3) is 7.57. The van der Waals surface area contributed by atoms with Crippen LogP contribution in [0.4, 0.5) is 0 Å². The molecule has 1 saturated heterocycles. The minimum Gasteiger partial charge on any atom is -0.357 e. The number of hydrogen-bond acceptors (Lipinski definition) is 3. The van der Waals surface area contributed by atoms with Gasteiger partial charge in [0.2, 0.25) is 10.0 Å². The number of nitrogens with one attached hydrogen (secondary N) is 2. The van der Waals surface area contributed by atoms with Crippen molar-refractivity contribution in [2.75, 3.05) is 26.2 Å². The molecule has 1 aromatic carbocycles. The monoisotopic (exact) mass is 508 g/mol. The lowest BCUT2D eigenvalue weighted by Gasteiger charge is -2.31. The van der Waals surface area contributed by atoms with Gasteiger partial charge < -0.3 is 10.6 Å². The number of guanidine groups is 1.